The van der Waals surface area contributed by atoms with Gasteiger partial charge in [-0.15, -0.1) is 12.3 Å². The number of hydrogen-bond donors (Lipinski definition) is 1. The fraction of sp³-hybridized carbons (Fsp3) is 0.231. The van der Waals surface area contributed by atoms with Crippen molar-refractivity contribution in [2.45, 2.75) is 19.4 Å². The van der Waals surface area contributed by atoms with Crippen molar-refractivity contribution in [3.8, 4) is 23.7 Å². The molecule has 4 nitrogen and oxygen atoms in total. The summed E-state index contributed by atoms with van der Waals surface area (Å²) >= 11 is 0. The molecular formula is C13H12FN3O. The molecule has 18 heavy (non-hydrogen) atoms. The number of nitrogens with zero attached hydrogens (tertiary/aromatic N) is 2. The minimum absolute atomic E-state index is 0.255. The Morgan fingerprint density at radius 3 is 2.94 bits per heavy atom. The van der Waals surface area contributed by atoms with E-state index in [1.165, 1.54) is 12.1 Å². The molecular weight excluding hydrogens is 233 g/mol. The molecule has 0 radical (unpaired) electrons. The van der Waals surface area contributed by atoms with Crippen LogP contribution in [0.1, 0.15) is 23.9 Å². The first-order chi connectivity index (χ1) is 8.60. The van der Waals surface area contributed by atoms with Gasteiger partial charge in [-0.1, -0.05) is 5.16 Å². The molecule has 2 aromatic rings. The third kappa shape index (κ3) is 2.55. The molecule has 0 bridgehead atoms. The summed E-state index contributed by atoms with van der Waals surface area (Å²) in [5, 5.41) is 3.77. The van der Waals surface area contributed by atoms with E-state index in [0.717, 1.165) is 5.56 Å². The van der Waals surface area contributed by atoms with Crippen LogP contribution in [-0.2, 0) is 0 Å². The normalized spacial score (nSPS) is 12.1. The second-order valence-electron chi connectivity index (χ2n) is 3.99. The summed E-state index contributed by atoms with van der Waals surface area (Å²) in [4.78, 5) is 4.12. The van der Waals surface area contributed by atoms with E-state index in [4.69, 9.17) is 16.7 Å². The highest BCUT2D eigenvalue weighted by Crippen LogP contribution is 2.21. The van der Waals surface area contributed by atoms with Crippen molar-refractivity contribution in [2.24, 2.45) is 5.73 Å². The molecule has 0 aliphatic carbocycles. The van der Waals surface area contributed by atoms with Gasteiger partial charge < -0.3 is 10.3 Å². The molecule has 0 aliphatic heterocycles. The molecule has 0 aliphatic rings. The number of benzene rings is 1. The van der Waals surface area contributed by atoms with Crippen molar-refractivity contribution in [3.05, 3.63) is 35.5 Å². The van der Waals surface area contributed by atoms with E-state index in [1.54, 1.807) is 13.0 Å². The smallest absolute Gasteiger partial charge is 0.244 e. The first-order valence-electron chi connectivity index (χ1n) is 5.40. The lowest BCUT2D eigenvalue weighted by molar-refractivity contribution is 0.357. The van der Waals surface area contributed by atoms with Crippen molar-refractivity contribution >= 4 is 0 Å². The molecule has 1 aromatic carbocycles. The highest BCUT2D eigenvalue weighted by Gasteiger charge is 2.15. The Morgan fingerprint density at radius 2 is 2.28 bits per heavy atom. The average molecular weight is 245 g/mol. The Morgan fingerprint density at radius 1 is 1.50 bits per heavy atom. The Hall–Kier alpha value is -2.19. The topological polar surface area (TPSA) is 64.9 Å². The fourth-order valence-corrected chi connectivity index (χ4v) is 1.58. The van der Waals surface area contributed by atoms with Gasteiger partial charge in [-0.25, -0.2) is 4.39 Å². The molecule has 0 spiro atoms. The summed E-state index contributed by atoms with van der Waals surface area (Å²) < 4.78 is 18.3. The molecule has 0 saturated carbocycles. The maximum absolute atomic E-state index is 13.3. The van der Waals surface area contributed by atoms with Crippen LogP contribution in [0, 0.1) is 25.1 Å². The van der Waals surface area contributed by atoms with Gasteiger partial charge in [-0.2, -0.15) is 4.98 Å². The van der Waals surface area contributed by atoms with Gasteiger partial charge in [0.25, 0.3) is 0 Å². The number of halogens is 1. The van der Waals surface area contributed by atoms with Crippen LogP contribution in [0.3, 0.4) is 0 Å². The van der Waals surface area contributed by atoms with Crippen LogP contribution in [0.2, 0.25) is 0 Å². The monoisotopic (exact) mass is 245 g/mol. The molecule has 5 heteroatoms. The standard InChI is InChI=1S/C13H12FN3O/c1-3-4-11(15)13-16-12(17-18-13)9-5-8(2)6-10(14)7-9/h1,5-7,11H,4,15H2,2H3. The summed E-state index contributed by atoms with van der Waals surface area (Å²) in [6.07, 6.45) is 5.46. The highest BCUT2D eigenvalue weighted by molar-refractivity contribution is 5.55. The number of aryl methyl sites for hydroxylation is 1. The lowest BCUT2D eigenvalue weighted by Gasteiger charge is -1.99. The fourth-order valence-electron chi connectivity index (χ4n) is 1.58. The Balaban J connectivity index is 2.32. The molecule has 1 atom stereocenters. The predicted molar refractivity (Wildman–Crippen MR) is 64.8 cm³/mol. The van der Waals surface area contributed by atoms with Crippen molar-refractivity contribution in [3.63, 3.8) is 0 Å². The molecule has 92 valence electrons. The van der Waals surface area contributed by atoms with E-state index < -0.39 is 6.04 Å². The summed E-state index contributed by atoms with van der Waals surface area (Å²) in [6.45, 7) is 1.79. The van der Waals surface area contributed by atoms with E-state index >= 15 is 0 Å². The zero-order valence-electron chi connectivity index (χ0n) is 9.85. The van der Waals surface area contributed by atoms with Crippen LogP contribution in [0.25, 0.3) is 11.4 Å². The molecule has 2 rings (SSSR count). The lowest BCUT2D eigenvalue weighted by atomic mass is 10.1. The largest absolute Gasteiger partial charge is 0.337 e. The van der Waals surface area contributed by atoms with Crippen molar-refractivity contribution in [2.75, 3.05) is 0 Å². The number of nitrogens with two attached hydrogens (primary N) is 1. The number of hydrogen-bond acceptors (Lipinski definition) is 4. The van der Waals surface area contributed by atoms with Gasteiger partial charge in [0.2, 0.25) is 11.7 Å². The number of rotatable bonds is 3. The molecule has 1 unspecified atom stereocenters. The summed E-state index contributed by atoms with van der Waals surface area (Å²) in [5.74, 6) is 2.64. The van der Waals surface area contributed by atoms with E-state index in [1.807, 2.05) is 0 Å². The molecule has 0 saturated heterocycles. The summed E-state index contributed by atoms with van der Waals surface area (Å²) in [6, 6.07) is 4.04. The van der Waals surface area contributed by atoms with Crippen LogP contribution in [-0.4, -0.2) is 10.1 Å². The molecule has 1 aromatic heterocycles. The highest BCUT2D eigenvalue weighted by atomic mass is 19.1. The number of aromatic nitrogens is 2. The van der Waals surface area contributed by atoms with Gasteiger partial charge in [-0.3, -0.25) is 0 Å². The van der Waals surface area contributed by atoms with Crippen molar-refractivity contribution < 1.29 is 8.91 Å². The Kier molecular flexibility index (Phi) is 3.40. The van der Waals surface area contributed by atoms with Gasteiger partial charge in [0, 0.05) is 12.0 Å². The summed E-state index contributed by atoms with van der Waals surface area (Å²) in [7, 11) is 0. The van der Waals surface area contributed by atoms with Crippen LogP contribution in [0.5, 0.6) is 0 Å². The molecule has 2 N–H and O–H groups in total. The Labute approximate surface area is 104 Å². The van der Waals surface area contributed by atoms with Crippen LogP contribution in [0.4, 0.5) is 4.39 Å². The zero-order chi connectivity index (χ0) is 13.1. The van der Waals surface area contributed by atoms with Crippen LogP contribution in [0.15, 0.2) is 22.7 Å². The average Bonchev–Trinajstić information content (AvgIpc) is 2.77. The van der Waals surface area contributed by atoms with E-state index in [-0.39, 0.29) is 11.7 Å². The SMILES string of the molecule is C#CCC(N)c1nc(-c2cc(C)cc(F)c2)no1. The molecule has 1 heterocycles. The van der Waals surface area contributed by atoms with Crippen LogP contribution >= 0.6 is 0 Å². The molecule has 0 fully saturated rings. The van der Waals surface area contributed by atoms with Crippen molar-refractivity contribution in [1.29, 1.82) is 0 Å². The lowest BCUT2D eigenvalue weighted by Crippen LogP contribution is -2.09. The summed E-state index contributed by atoms with van der Waals surface area (Å²) in [5.41, 5.74) is 7.08. The minimum Gasteiger partial charge on any atom is -0.337 e. The van der Waals surface area contributed by atoms with Crippen LogP contribution < -0.4 is 5.73 Å². The van der Waals surface area contributed by atoms with Gasteiger partial charge in [0.1, 0.15) is 5.82 Å². The first-order valence-corrected chi connectivity index (χ1v) is 5.40. The zero-order valence-corrected chi connectivity index (χ0v) is 9.85. The third-order valence-electron chi connectivity index (χ3n) is 2.40. The molecule has 0 amide bonds. The predicted octanol–water partition coefficient (Wildman–Crippen LogP) is 2.21. The van der Waals surface area contributed by atoms with Gasteiger partial charge in [-0.05, 0) is 30.7 Å². The maximum atomic E-state index is 13.3. The van der Waals surface area contributed by atoms with E-state index in [9.17, 15) is 4.39 Å². The van der Waals surface area contributed by atoms with Gasteiger partial charge >= 0.3 is 0 Å². The minimum atomic E-state index is -0.495. The van der Waals surface area contributed by atoms with Crippen molar-refractivity contribution in [1.82, 2.24) is 10.1 Å². The van der Waals surface area contributed by atoms with Gasteiger partial charge in [0.05, 0.1) is 6.04 Å². The number of terminal acetylenes is 1. The first kappa shape index (κ1) is 12.3. The maximum Gasteiger partial charge on any atom is 0.244 e. The second-order valence-corrected chi connectivity index (χ2v) is 3.99. The third-order valence-corrected chi connectivity index (χ3v) is 2.40. The van der Waals surface area contributed by atoms with Gasteiger partial charge in [0.15, 0.2) is 0 Å². The van der Waals surface area contributed by atoms with E-state index in [0.29, 0.717) is 17.8 Å². The second kappa shape index (κ2) is 4.98. The Bertz CT molecular complexity index is 580. The quantitative estimate of drug-likeness (QED) is 0.842. The van der Waals surface area contributed by atoms with E-state index in [2.05, 4.69) is 16.1 Å².